The maximum atomic E-state index is 12.8. The highest BCUT2D eigenvalue weighted by Gasteiger charge is 2.58. The standard InChI is InChI=1S/C18H16Cl2N2O2/c1-22(12-6-3-2-4-7-12)17(24)18(10-11-18)16(23)21-15-13(19)8-5-9-14(15)20/h2-9H,10-11H2,1H3,(H,21,23). The van der Waals surface area contributed by atoms with Gasteiger partial charge in [0.1, 0.15) is 5.41 Å². The van der Waals surface area contributed by atoms with Crippen LogP contribution in [-0.4, -0.2) is 18.9 Å². The van der Waals surface area contributed by atoms with Gasteiger partial charge in [-0.25, -0.2) is 0 Å². The zero-order valence-electron chi connectivity index (χ0n) is 13.1. The molecule has 0 unspecified atom stereocenters. The second kappa shape index (κ2) is 6.46. The number of hydrogen-bond acceptors (Lipinski definition) is 2. The van der Waals surface area contributed by atoms with Gasteiger partial charge in [0.05, 0.1) is 15.7 Å². The minimum absolute atomic E-state index is 0.227. The summed E-state index contributed by atoms with van der Waals surface area (Å²) in [5.74, 6) is -0.598. The van der Waals surface area contributed by atoms with Crippen molar-refractivity contribution in [1.82, 2.24) is 0 Å². The Morgan fingerprint density at radius 2 is 1.58 bits per heavy atom. The molecule has 0 bridgehead atoms. The van der Waals surface area contributed by atoms with Gasteiger partial charge in [0.15, 0.2) is 0 Å². The first-order chi connectivity index (χ1) is 11.5. The molecule has 124 valence electrons. The maximum absolute atomic E-state index is 12.8. The van der Waals surface area contributed by atoms with Crippen molar-refractivity contribution in [3.63, 3.8) is 0 Å². The average molecular weight is 363 g/mol. The highest BCUT2D eigenvalue weighted by atomic mass is 35.5. The van der Waals surface area contributed by atoms with E-state index in [2.05, 4.69) is 5.32 Å². The molecular weight excluding hydrogens is 347 g/mol. The van der Waals surface area contributed by atoms with Crippen LogP contribution >= 0.6 is 23.2 Å². The molecule has 0 aliphatic heterocycles. The maximum Gasteiger partial charge on any atom is 0.242 e. The van der Waals surface area contributed by atoms with Crippen LogP contribution in [0.4, 0.5) is 11.4 Å². The summed E-state index contributed by atoms with van der Waals surface area (Å²) in [7, 11) is 1.67. The van der Waals surface area contributed by atoms with Gasteiger partial charge in [0.2, 0.25) is 11.8 Å². The first-order valence-corrected chi connectivity index (χ1v) is 8.30. The van der Waals surface area contributed by atoms with Crippen molar-refractivity contribution < 1.29 is 9.59 Å². The van der Waals surface area contributed by atoms with Crippen molar-refractivity contribution in [2.75, 3.05) is 17.3 Å². The zero-order valence-corrected chi connectivity index (χ0v) is 14.6. The minimum atomic E-state index is -1.05. The topological polar surface area (TPSA) is 49.4 Å². The Labute approximate surface area is 150 Å². The predicted octanol–water partition coefficient (Wildman–Crippen LogP) is 4.38. The summed E-state index contributed by atoms with van der Waals surface area (Å²) in [5, 5.41) is 3.40. The first kappa shape index (κ1) is 16.8. The van der Waals surface area contributed by atoms with E-state index < -0.39 is 5.41 Å². The van der Waals surface area contributed by atoms with E-state index >= 15 is 0 Å². The number of anilines is 2. The molecule has 2 aromatic rings. The van der Waals surface area contributed by atoms with Gasteiger partial charge in [-0.3, -0.25) is 9.59 Å². The summed E-state index contributed by atoms with van der Waals surface area (Å²) < 4.78 is 0. The third kappa shape index (κ3) is 2.99. The highest BCUT2D eigenvalue weighted by molar-refractivity contribution is 6.40. The lowest BCUT2D eigenvalue weighted by atomic mass is 10.0. The van der Waals surface area contributed by atoms with Crippen LogP contribution in [-0.2, 0) is 9.59 Å². The van der Waals surface area contributed by atoms with E-state index in [1.165, 1.54) is 4.90 Å². The van der Waals surface area contributed by atoms with Gasteiger partial charge >= 0.3 is 0 Å². The number of benzene rings is 2. The van der Waals surface area contributed by atoms with Crippen LogP contribution in [0.25, 0.3) is 0 Å². The molecule has 1 saturated carbocycles. The molecule has 0 atom stereocenters. The van der Waals surface area contributed by atoms with Crippen molar-refractivity contribution in [2.45, 2.75) is 12.8 Å². The molecule has 0 saturated heterocycles. The van der Waals surface area contributed by atoms with Crippen LogP contribution in [0.2, 0.25) is 10.0 Å². The smallest absolute Gasteiger partial charge is 0.242 e. The van der Waals surface area contributed by atoms with Gasteiger partial charge < -0.3 is 10.2 Å². The van der Waals surface area contributed by atoms with Crippen molar-refractivity contribution in [3.05, 3.63) is 58.6 Å². The quantitative estimate of drug-likeness (QED) is 0.820. The molecule has 4 nitrogen and oxygen atoms in total. The number of amides is 2. The molecule has 0 heterocycles. The minimum Gasteiger partial charge on any atom is -0.323 e. The highest BCUT2D eigenvalue weighted by Crippen LogP contribution is 2.49. The number of para-hydroxylation sites is 2. The molecular formula is C18H16Cl2N2O2. The van der Waals surface area contributed by atoms with E-state index in [-0.39, 0.29) is 11.8 Å². The Morgan fingerprint density at radius 1 is 1.00 bits per heavy atom. The molecule has 1 N–H and O–H groups in total. The van der Waals surface area contributed by atoms with Gasteiger partial charge in [0.25, 0.3) is 0 Å². The van der Waals surface area contributed by atoms with E-state index in [9.17, 15) is 9.59 Å². The fourth-order valence-electron chi connectivity index (χ4n) is 2.60. The van der Waals surface area contributed by atoms with E-state index in [0.717, 1.165) is 5.69 Å². The van der Waals surface area contributed by atoms with Crippen molar-refractivity contribution in [1.29, 1.82) is 0 Å². The summed E-state index contributed by atoms with van der Waals surface area (Å²) in [4.78, 5) is 27.0. The number of rotatable bonds is 4. The molecule has 1 aliphatic carbocycles. The SMILES string of the molecule is CN(C(=O)C1(C(=O)Nc2c(Cl)cccc2Cl)CC1)c1ccccc1. The molecule has 2 amide bonds. The monoisotopic (exact) mass is 362 g/mol. The van der Waals surface area contributed by atoms with Gasteiger partial charge in [-0.1, -0.05) is 47.5 Å². The van der Waals surface area contributed by atoms with Crippen molar-refractivity contribution in [3.8, 4) is 0 Å². The third-order valence-electron chi connectivity index (χ3n) is 4.24. The second-order valence-corrected chi connectivity index (χ2v) is 6.65. The molecule has 1 aliphatic rings. The lowest BCUT2D eigenvalue weighted by molar-refractivity contribution is -0.132. The van der Waals surface area contributed by atoms with Gasteiger partial charge in [-0.05, 0) is 37.1 Å². The fraction of sp³-hybridized carbons (Fsp3) is 0.222. The Morgan fingerprint density at radius 3 is 2.12 bits per heavy atom. The van der Waals surface area contributed by atoms with Gasteiger partial charge in [0, 0.05) is 12.7 Å². The second-order valence-electron chi connectivity index (χ2n) is 5.83. The Balaban J connectivity index is 1.81. The Hall–Kier alpha value is -2.04. The number of halogens is 2. The van der Waals surface area contributed by atoms with Crippen LogP contribution in [0.5, 0.6) is 0 Å². The molecule has 0 aromatic heterocycles. The zero-order chi connectivity index (χ0) is 17.3. The first-order valence-electron chi connectivity index (χ1n) is 7.54. The number of carbonyl (C=O) groups is 2. The van der Waals surface area contributed by atoms with Crippen molar-refractivity contribution >= 4 is 46.4 Å². The largest absolute Gasteiger partial charge is 0.323 e. The number of carbonyl (C=O) groups excluding carboxylic acids is 2. The fourth-order valence-corrected chi connectivity index (χ4v) is 3.10. The summed E-state index contributed by atoms with van der Waals surface area (Å²) >= 11 is 12.2. The summed E-state index contributed by atoms with van der Waals surface area (Å²) in [5.41, 5.74) is 0.0391. The van der Waals surface area contributed by atoms with Gasteiger partial charge in [-0.2, -0.15) is 0 Å². The summed E-state index contributed by atoms with van der Waals surface area (Å²) in [6.07, 6.45) is 1.02. The molecule has 0 spiro atoms. The lowest BCUT2D eigenvalue weighted by Gasteiger charge is -2.23. The molecule has 2 aromatic carbocycles. The van der Waals surface area contributed by atoms with E-state index in [0.29, 0.717) is 28.6 Å². The van der Waals surface area contributed by atoms with E-state index in [1.54, 1.807) is 25.2 Å². The molecule has 3 rings (SSSR count). The number of hydrogen-bond donors (Lipinski definition) is 1. The van der Waals surface area contributed by atoms with E-state index in [1.807, 2.05) is 30.3 Å². The van der Waals surface area contributed by atoms with Gasteiger partial charge in [-0.15, -0.1) is 0 Å². The number of nitrogens with zero attached hydrogens (tertiary/aromatic N) is 1. The predicted molar refractivity (Wildman–Crippen MR) is 96.6 cm³/mol. The number of nitrogens with one attached hydrogen (secondary N) is 1. The van der Waals surface area contributed by atoms with Crippen LogP contribution in [0.1, 0.15) is 12.8 Å². The summed E-state index contributed by atoms with van der Waals surface area (Å²) in [6, 6.07) is 14.2. The van der Waals surface area contributed by atoms with Crippen LogP contribution in [0, 0.1) is 5.41 Å². The molecule has 24 heavy (non-hydrogen) atoms. The molecule has 1 fully saturated rings. The molecule has 6 heteroatoms. The normalized spacial score (nSPS) is 14.8. The van der Waals surface area contributed by atoms with Crippen molar-refractivity contribution in [2.24, 2.45) is 5.41 Å². The summed E-state index contributed by atoms with van der Waals surface area (Å²) in [6.45, 7) is 0. The molecule has 0 radical (unpaired) electrons. The van der Waals surface area contributed by atoms with Crippen LogP contribution < -0.4 is 10.2 Å². The average Bonchev–Trinajstić information content (AvgIpc) is 3.39. The Bertz CT molecular complexity index is 769. The lowest BCUT2D eigenvalue weighted by Crippen LogP contribution is -2.41. The third-order valence-corrected chi connectivity index (χ3v) is 4.87. The van der Waals surface area contributed by atoms with Crippen LogP contribution in [0.3, 0.4) is 0 Å². The van der Waals surface area contributed by atoms with E-state index in [4.69, 9.17) is 23.2 Å². The van der Waals surface area contributed by atoms with Crippen LogP contribution in [0.15, 0.2) is 48.5 Å². The Kier molecular flexibility index (Phi) is 4.52.